The summed E-state index contributed by atoms with van der Waals surface area (Å²) in [6.45, 7) is 0.229. The fourth-order valence-corrected chi connectivity index (χ4v) is 5.06. The lowest BCUT2D eigenvalue weighted by Gasteiger charge is -2.16. The van der Waals surface area contributed by atoms with Gasteiger partial charge in [-0.2, -0.15) is 23.4 Å². The second-order valence-electron chi connectivity index (χ2n) is 8.98. The van der Waals surface area contributed by atoms with E-state index in [4.69, 9.17) is 11.6 Å². The number of thiazole rings is 1. The number of hydrogen-bond donors (Lipinski definition) is 2. The normalized spacial score (nSPS) is 11.5. The van der Waals surface area contributed by atoms with Crippen molar-refractivity contribution in [3.63, 3.8) is 0 Å². The maximum absolute atomic E-state index is 14.0. The number of aromatic nitrogens is 5. The van der Waals surface area contributed by atoms with Crippen LogP contribution in [0.5, 0.6) is 0 Å². The molecule has 5 aromatic rings. The second-order valence-corrected chi connectivity index (χ2v) is 10.4. The Morgan fingerprint density at radius 1 is 1.12 bits per heavy atom. The van der Waals surface area contributed by atoms with Crippen LogP contribution in [0, 0.1) is 24.1 Å². The first-order valence-electron chi connectivity index (χ1n) is 11.9. The number of nitrogens with zero attached hydrogens (tertiary/aromatic N) is 6. The Bertz CT molecular complexity index is 2000. The third-order valence-corrected chi connectivity index (χ3v) is 7.13. The van der Waals surface area contributed by atoms with Crippen LogP contribution in [-0.4, -0.2) is 36.8 Å². The number of nitrogens with one attached hydrogen (secondary N) is 2. The Hall–Kier alpha value is -4.81. The van der Waals surface area contributed by atoms with Crippen molar-refractivity contribution in [3.8, 4) is 11.8 Å². The highest BCUT2D eigenvalue weighted by Gasteiger charge is 2.27. The molecule has 0 saturated heterocycles. The SMILES string of the molecule is Cc1cncc(-n2c(=O)nc(Nc3cc4sc(NCC(F)(F)F)nc4cc3Cl)n(Cc3ccc(F)c(C#N)c3)c2=O)c1. The molecule has 0 unspecified atom stereocenters. The minimum Gasteiger partial charge on any atom is -0.352 e. The maximum atomic E-state index is 14.0. The van der Waals surface area contributed by atoms with Gasteiger partial charge in [-0.25, -0.2) is 23.5 Å². The number of fused-ring (bicyclic) bond motifs is 1. The van der Waals surface area contributed by atoms with Gasteiger partial charge in [-0.05, 0) is 48.4 Å². The smallest absolute Gasteiger partial charge is 0.352 e. The van der Waals surface area contributed by atoms with Gasteiger partial charge in [0.05, 0.1) is 44.9 Å². The molecule has 16 heteroatoms. The third-order valence-electron chi connectivity index (χ3n) is 5.85. The summed E-state index contributed by atoms with van der Waals surface area (Å²) in [6.07, 6.45) is -1.58. The lowest BCUT2D eigenvalue weighted by atomic mass is 10.1. The third kappa shape index (κ3) is 6.09. The van der Waals surface area contributed by atoms with Gasteiger partial charge in [0.15, 0.2) is 5.13 Å². The van der Waals surface area contributed by atoms with Crippen LogP contribution in [0.25, 0.3) is 15.9 Å². The van der Waals surface area contributed by atoms with Gasteiger partial charge in [0, 0.05) is 6.20 Å². The van der Waals surface area contributed by atoms with Gasteiger partial charge < -0.3 is 10.6 Å². The Kier molecular flexibility index (Phi) is 7.67. The van der Waals surface area contributed by atoms with Crippen LogP contribution < -0.4 is 22.0 Å². The van der Waals surface area contributed by atoms with E-state index in [0.717, 1.165) is 26.5 Å². The molecule has 2 N–H and O–H groups in total. The number of halogens is 5. The van der Waals surface area contributed by atoms with Crippen LogP contribution in [0.15, 0.2) is 58.4 Å². The molecule has 0 aliphatic carbocycles. The zero-order valence-corrected chi connectivity index (χ0v) is 22.9. The monoisotopic (exact) mass is 616 g/mol. The van der Waals surface area contributed by atoms with E-state index in [9.17, 15) is 32.4 Å². The summed E-state index contributed by atoms with van der Waals surface area (Å²) < 4.78 is 54.2. The first kappa shape index (κ1) is 28.7. The second kappa shape index (κ2) is 11.2. The van der Waals surface area contributed by atoms with E-state index in [0.29, 0.717) is 21.3 Å². The van der Waals surface area contributed by atoms with Crippen molar-refractivity contribution in [3.05, 3.63) is 97.3 Å². The maximum Gasteiger partial charge on any atom is 0.405 e. The summed E-state index contributed by atoms with van der Waals surface area (Å²) >= 11 is 7.37. The molecular formula is C26H17ClF4N8O2S. The zero-order chi connectivity index (χ0) is 30.2. The van der Waals surface area contributed by atoms with Crippen LogP contribution in [0.1, 0.15) is 16.7 Å². The summed E-state index contributed by atoms with van der Waals surface area (Å²) in [5.41, 5.74) is -0.288. The van der Waals surface area contributed by atoms with E-state index in [1.807, 2.05) is 0 Å². The molecule has 0 radical (unpaired) electrons. The number of benzene rings is 2. The Morgan fingerprint density at radius 3 is 2.62 bits per heavy atom. The minimum absolute atomic E-state index is 0.0181. The summed E-state index contributed by atoms with van der Waals surface area (Å²) in [5.74, 6) is -0.972. The highest BCUT2D eigenvalue weighted by molar-refractivity contribution is 7.22. The predicted molar refractivity (Wildman–Crippen MR) is 149 cm³/mol. The van der Waals surface area contributed by atoms with E-state index < -0.39 is 29.9 Å². The van der Waals surface area contributed by atoms with Crippen molar-refractivity contribution < 1.29 is 17.6 Å². The fraction of sp³-hybridized carbons (Fsp3) is 0.154. The number of alkyl halides is 3. The zero-order valence-electron chi connectivity index (χ0n) is 21.3. The average Bonchev–Trinajstić information content (AvgIpc) is 3.32. The first-order chi connectivity index (χ1) is 19.9. The molecule has 0 amide bonds. The quantitative estimate of drug-likeness (QED) is 0.241. The highest BCUT2D eigenvalue weighted by Crippen LogP contribution is 2.35. The molecule has 10 nitrogen and oxygen atoms in total. The van der Waals surface area contributed by atoms with Crippen molar-refractivity contribution in [2.45, 2.75) is 19.6 Å². The molecular weight excluding hydrogens is 600 g/mol. The van der Waals surface area contributed by atoms with E-state index in [1.165, 1.54) is 30.5 Å². The molecule has 0 aliphatic rings. The number of pyridine rings is 1. The van der Waals surface area contributed by atoms with Gasteiger partial charge in [0.2, 0.25) is 5.95 Å². The summed E-state index contributed by atoms with van der Waals surface area (Å²) in [4.78, 5) is 39.0. The first-order valence-corrected chi connectivity index (χ1v) is 13.1. The van der Waals surface area contributed by atoms with Crippen LogP contribution >= 0.6 is 22.9 Å². The standard InChI is InChI=1S/C26H17ClF4N8O2S/c1-13-4-16(10-33-9-13)39-24(40)37-22(38(25(39)41)11-14-2-3-18(28)15(5-14)8-32)35-19-7-21-20(6-17(19)27)36-23(42-21)34-12-26(29,30)31/h2-7,9-10H,11-12H2,1H3,(H,34,36)(H,35,37,40). The molecule has 214 valence electrons. The molecule has 5 rings (SSSR count). The Morgan fingerprint density at radius 2 is 1.90 bits per heavy atom. The van der Waals surface area contributed by atoms with E-state index in [2.05, 4.69) is 25.6 Å². The van der Waals surface area contributed by atoms with Crippen LogP contribution in [0.4, 0.5) is 34.3 Å². The number of rotatable bonds is 7. The molecule has 0 atom stereocenters. The van der Waals surface area contributed by atoms with E-state index in [1.54, 1.807) is 25.3 Å². The number of aryl methyl sites for hydroxylation is 1. The van der Waals surface area contributed by atoms with E-state index >= 15 is 0 Å². The fourth-order valence-electron chi connectivity index (χ4n) is 3.97. The molecule has 0 aliphatic heterocycles. The summed E-state index contributed by atoms with van der Waals surface area (Å²) in [6, 6.07) is 9.94. The van der Waals surface area contributed by atoms with Gasteiger partial charge >= 0.3 is 17.6 Å². The largest absolute Gasteiger partial charge is 0.405 e. The van der Waals surface area contributed by atoms with Crippen LogP contribution in [0.3, 0.4) is 0 Å². The van der Waals surface area contributed by atoms with Gasteiger partial charge in [-0.1, -0.05) is 29.0 Å². The number of anilines is 3. The summed E-state index contributed by atoms with van der Waals surface area (Å²) in [7, 11) is 0. The number of nitriles is 1. The van der Waals surface area contributed by atoms with Crippen molar-refractivity contribution in [1.29, 1.82) is 5.26 Å². The molecule has 3 heterocycles. The molecule has 0 bridgehead atoms. The predicted octanol–water partition coefficient (Wildman–Crippen LogP) is 5.14. The van der Waals surface area contributed by atoms with Gasteiger partial charge in [0.1, 0.15) is 18.4 Å². The molecule has 2 aromatic carbocycles. The van der Waals surface area contributed by atoms with Crippen molar-refractivity contribution in [2.24, 2.45) is 0 Å². The Balaban J connectivity index is 1.60. The number of hydrogen-bond acceptors (Lipinski definition) is 9. The van der Waals surface area contributed by atoms with E-state index in [-0.39, 0.29) is 39.6 Å². The topological polar surface area (TPSA) is 131 Å². The lowest BCUT2D eigenvalue weighted by molar-refractivity contribution is -0.115. The van der Waals surface area contributed by atoms with Crippen LogP contribution in [-0.2, 0) is 6.54 Å². The van der Waals surface area contributed by atoms with Crippen molar-refractivity contribution in [2.75, 3.05) is 17.2 Å². The molecule has 42 heavy (non-hydrogen) atoms. The molecule has 0 fully saturated rings. The van der Waals surface area contributed by atoms with Gasteiger partial charge in [-0.3, -0.25) is 9.55 Å². The lowest BCUT2D eigenvalue weighted by Crippen LogP contribution is -2.41. The molecule has 0 spiro atoms. The Labute approximate surface area is 242 Å². The highest BCUT2D eigenvalue weighted by atomic mass is 35.5. The van der Waals surface area contributed by atoms with Gasteiger partial charge in [-0.15, -0.1) is 0 Å². The summed E-state index contributed by atoms with van der Waals surface area (Å²) in [5, 5.41) is 14.4. The van der Waals surface area contributed by atoms with Crippen molar-refractivity contribution in [1.82, 2.24) is 24.1 Å². The van der Waals surface area contributed by atoms with Crippen LogP contribution in [0.2, 0.25) is 5.02 Å². The average molecular weight is 617 g/mol. The molecule has 3 aromatic heterocycles. The van der Waals surface area contributed by atoms with Gasteiger partial charge in [0.25, 0.3) is 0 Å². The minimum atomic E-state index is -4.44. The van der Waals surface area contributed by atoms with Crippen molar-refractivity contribution >= 4 is 49.9 Å². The molecule has 0 saturated carbocycles.